The standard InChI is InChI=1S/C7H7NO2.C3H9N/c8-6-4-2-1-3-5(6)7(9)10;1-4(2)3/h1-4H,8H2,(H,9,10);1-3H3. The van der Waals surface area contributed by atoms with Crippen LogP contribution in [0.2, 0.25) is 0 Å². The average molecular weight is 196 g/mol. The van der Waals surface area contributed by atoms with Crippen molar-refractivity contribution in [2.24, 2.45) is 0 Å². The van der Waals surface area contributed by atoms with Crippen LogP contribution in [0.25, 0.3) is 0 Å². The Morgan fingerprint density at radius 2 is 1.71 bits per heavy atom. The molecule has 0 saturated carbocycles. The third-order valence-corrected chi connectivity index (χ3v) is 1.18. The van der Waals surface area contributed by atoms with Crippen molar-refractivity contribution >= 4 is 11.7 Å². The summed E-state index contributed by atoms with van der Waals surface area (Å²) in [5.74, 6) is -1.24. The monoisotopic (exact) mass is 196 g/mol. The third kappa shape index (κ3) is 5.16. The molecule has 1 rings (SSSR count). The number of hydrogen-bond donors (Lipinski definition) is 2. The van der Waals surface area contributed by atoms with E-state index in [1.54, 1.807) is 12.1 Å². The maximum atomic E-state index is 10.2. The molecule has 4 nitrogen and oxygen atoms in total. The minimum Gasteiger partial charge on any atom is -0.545 e. The molecule has 0 fully saturated rings. The molecule has 0 aliphatic carbocycles. The molecule has 0 spiro atoms. The number of anilines is 1. The van der Waals surface area contributed by atoms with Crippen molar-refractivity contribution in [3.63, 3.8) is 0 Å². The quantitative estimate of drug-likeness (QED) is 0.531. The molecule has 4 heteroatoms. The van der Waals surface area contributed by atoms with E-state index in [1.807, 2.05) is 0 Å². The molecular weight excluding hydrogens is 180 g/mol. The summed E-state index contributed by atoms with van der Waals surface area (Å²) in [5.41, 5.74) is 5.58. The van der Waals surface area contributed by atoms with Crippen LogP contribution < -0.4 is 15.7 Å². The topological polar surface area (TPSA) is 70.6 Å². The van der Waals surface area contributed by atoms with E-state index in [1.165, 1.54) is 17.0 Å². The molecule has 0 atom stereocenters. The van der Waals surface area contributed by atoms with Crippen LogP contribution in [0.3, 0.4) is 0 Å². The summed E-state index contributed by atoms with van der Waals surface area (Å²) in [6, 6.07) is 6.19. The highest BCUT2D eigenvalue weighted by Gasteiger charge is 1.95. The van der Waals surface area contributed by atoms with Crippen LogP contribution in [0.5, 0.6) is 0 Å². The average Bonchev–Trinajstić information content (AvgIpc) is 2.03. The molecule has 0 radical (unpaired) electrons. The van der Waals surface area contributed by atoms with Gasteiger partial charge < -0.3 is 20.5 Å². The number of aromatic carboxylic acids is 1. The Balaban J connectivity index is 0.000000364. The van der Waals surface area contributed by atoms with E-state index in [4.69, 9.17) is 5.73 Å². The van der Waals surface area contributed by atoms with Gasteiger partial charge in [0.05, 0.1) is 27.1 Å². The van der Waals surface area contributed by atoms with Crippen molar-refractivity contribution in [3.8, 4) is 0 Å². The van der Waals surface area contributed by atoms with Gasteiger partial charge in [-0.25, -0.2) is 0 Å². The second-order valence-electron chi connectivity index (χ2n) is 3.37. The van der Waals surface area contributed by atoms with E-state index in [2.05, 4.69) is 21.1 Å². The van der Waals surface area contributed by atoms with E-state index in [0.29, 0.717) is 0 Å². The van der Waals surface area contributed by atoms with Crippen molar-refractivity contribution in [1.82, 2.24) is 0 Å². The number of nitrogens with two attached hydrogens (primary N) is 1. The van der Waals surface area contributed by atoms with Crippen LogP contribution in [0.4, 0.5) is 5.69 Å². The smallest absolute Gasteiger partial charge is 0.0735 e. The third-order valence-electron chi connectivity index (χ3n) is 1.18. The molecule has 0 unspecified atom stereocenters. The van der Waals surface area contributed by atoms with Crippen molar-refractivity contribution in [2.75, 3.05) is 26.9 Å². The fourth-order valence-corrected chi connectivity index (χ4v) is 0.683. The molecule has 1 aromatic rings. The molecular formula is C10H16N2O2. The van der Waals surface area contributed by atoms with E-state index in [9.17, 15) is 9.90 Å². The molecule has 78 valence electrons. The maximum Gasteiger partial charge on any atom is 0.0735 e. The van der Waals surface area contributed by atoms with Gasteiger partial charge in [0, 0.05) is 11.3 Å². The number of nitrogen functional groups attached to an aromatic ring is 1. The predicted molar refractivity (Wildman–Crippen MR) is 53.9 cm³/mol. The van der Waals surface area contributed by atoms with Crippen LogP contribution in [-0.2, 0) is 0 Å². The predicted octanol–water partition coefficient (Wildman–Crippen LogP) is -1.61. The molecule has 0 bridgehead atoms. The van der Waals surface area contributed by atoms with E-state index in [-0.39, 0.29) is 11.3 Å². The molecule has 0 aliphatic heterocycles. The molecule has 3 N–H and O–H groups in total. The Bertz CT molecular complexity index is 295. The van der Waals surface area contributed by atoms with Crippen molar-refractivity contribution in [1.29, 1.82) is 0 Å². The number of nitrogens with one attached hydrogen (secondary N) is 1. The van der Waals surface area contributed by atoms with Gasteiger partial charge in [0.1, 0.15) is 0 Å². The lowest BCUT2D eigenvalue weighted by molar-refractivity contribution is -0.836. The zero-order chi connectivity index (χ0) is 11.1. The number of carbonyl (C=O) groups excluding carboxylic acids is 1. The highest BCUT2D eigenvalue weighted by atomic mass is 16.4. The highest BCUT2D eigenvalue weighted by Crippen LogP contribution is 2.07. The highest BCUT2D eigenvalue weighted by molar-refractivity contribution is 5.91. The fraction of sp³-hybridized carbons (Fsp3) is 0.300. The molecule has 1 aromatic carbocycles. The van der Waals surface area contributed by atoms with Crippen LogP contribution in [0.15, 0.2) is 24.3 Å². The second-order valence-corrected chi connectivity index (χ2v) is 3.37. The summed E-state index contributed by atoms with van der Waals surface area (Å²) in [7, 11) is 6.25. The Labute approximate surface area is 84.0 Å². The number of carboxylic acids is 1. The zero-order valence-corrected chi connectivity index (χ0v) is 8.70. The van der Waals surface area contributed by atoms with E-state index < -0.39 is 5.97 Å². The maximum absolute atomic E-state index is 10.2. The number of hydrogen-bond acceptors (Lipinski definition) is 3. The molecule has 0 heterocycles. The Hall–Kier alpha value is -1.55. The first-order valence-electron chi connectivity index (χ1n) is 4.27. The number of rotatable bonds is 1. The second kappa shape index (κ2) is 5.99. The summed E-state index contributed by atoms with van der Waals surface area (Å²) in [6.45, 7) is 0. The minimum absolute atomic E-state index is 0.0440. The number of para-hydroxylation sites is 1. The summed E-state index contributed by atoms with van der Waals surface area (Å²) in [6.07, 6.45) is 0. The molecule has 14 heavy (non-hydrogen) atoms. The summed E-state index contributed by atoms with van der Waals surface area (Å²) in [5, 5.41) is 10.2. The van der Waals surface area contributed by atoms with E-state index >= 15 is 0 Å². The van der Waals surface area contributed by atoms with Crippen molar-refractivity contribution in [2.45, 2.75) is 0 Å². The van der Waals surface area contributed by atoms with Gasteiger partial charge in [0.15, 0.2) is 0 Å². The molecule has 0 aliphatic rings. The zero-order valence-electron chi connectivity index (χ0n) is 8.70. The summed E-state index contributed by atoms with van der Waals surface area (Å²) < 4.78 is 0. The SMILES string of the molecule is C[NH+](C)C.Nc1ccccc1C(=O)[O-]. The minimum atomic E-state index is -1.24. The lowest BCUT2D eigenvalue weighted by atomic mass is 10.2. The number of benzene rings is 1. The van der Waals surface area contributed by atoms with Crippen molar-refractivity contribution in [3.05, 3.63) is 29.8 Å². The van der Waals surface area contributed by atoms with Gasteiger partial charge in [-0.2, -0.15) is 0 Å². The van der Waals surface area contributed by atoms with E-state index in [0.717, 1.165) is 0 Å². The largest absolute Gasteiger partial charge is 0.545 e. The summed E-state index contributed by atoms with van der Waals surface area (Å²) in [4.78, 5) is 11.6. The molecule has 0 saturated heterocycles. The Kier molecular flexibility index (Phi) is 5.33. The van der Waals surface area contributed by atoms with Crippen LogP contribution in [0, 0.1) is 0 Å². The fourth-order valence-electron chi connectivity index (χ4n) is 0.683. The lowest BCUT2D eigenvalue weighted by Crippen LogP contribution is -3.02. The van der Waals surface area contributed by atoms with Gasteiger partial charge in [-0.1, -0.05) is 18.2 Å². The van der Waals surface area contributed by atoms with Crippen LogP contribution in [0.1, 0.15) is 10.4 Å². The Morgan fingerprint density at radius 1 is 1.29 bits per heavy atom. The molecule has 0 amide bonds. The van der Waals surface area contributed by atoms with Gasteiger partial charge in [-0.3, -0.25) is 0 Å². The number of quaternary nitrogens is 1. The number of carbonyl (C=O) groups is 1. The first-order valence-corrected chi connectivity index (χ1v) is 4.27. The lowest BCUT2D eigenvalue weighted by Gasteiger charge is -2.03. The summed E-state index contributed by atoms with van der Waals surface area (Å²) >= 11 is 0. The first-order chi connectivity index (χ1) is 6.45. The Morgan fingerprint density at radius 3 is 2.00 bits per heavy atom. The normalized spacial score (nSPS) is 9.14. The molecule has 0 aromatic heterocycles. The van der Waals surface area contributed by atoms with Gasteiger partial charge in [-0.05, 0) is 6.07 Å². The van der Waals surface area contributed by atoms with Crippen molar-refractivity contribution < 1.29 is 14.8 Å². The van der Waals surface area contributed by atoms with Crippen LogP contribution >= 0.6 is 0 Å². The van der Waals surface area contributed by atoms with Crippen LogP contribution in [-0.4, -0.2) is 27.1 Å². The first kappa shape index (κ1) is 12.4. The van der Waals surface area contributed by atoms with Gasteiger partial charge in [0.25, 0.3) is 0 Å². The van der Waals surface area contributed by atoms with Gasteiger partial charge in [-0.15, -0.1) is 0 Å². The number of carboxylic acid groups (broad SMARTS) is 1. The van der Waals surface area contributed by atoms with Gasteiger partial charge >= 0.3 is 0 Å². The van der Waals surface area contributed by atoms with Gasteiger partial charge in [0.2, 0.25) is 0 Å².